The standard InChI is InChI=1S/C14H26N4/c1-12-10-14(17(3)16-12)11-18-8-5-13(6-9-18)4-7-15-2/h10,13,15H,4-9,11H2,1-3H3. The van der Waals surface area contributed by atoms with Gasteiger partial charge in [0.25, 0.3) is 0 Å². The molecule has 1 fully saturated rings. The summed E-state index contributed by atoms with van der Waals surface area (Å²) in [4.78, 5) is 2.56. The van der Waals surface area contributed by atoms with Gasteiger partial charge in [-0.3, -0.25) is 9.58 Å². The molecule has 0 saturated carbocycles. The van der Waals surface area contributed by atoms with Crippen LogP contribution in [0, 0.1) is 12.8 Å². The lowest BCUT2D eigenvalue weighted by molar-refractivity contribution is 0.169. The van der Waals surface area contributed by atoms with Crippen LogP contribution in [-0.4, -0.2) is 41.4 Å². The van der Waals surface area contributed by atoms with Crippen LogP contribution in [0.2, 0.25) is 0 Å². The fourth-order valence-corrected chi connectivity index (χ4v) is 2.82. The molecule has 18 heavy (non-hydrogen) atoms. The zero-order valence-electron chi connectivity index (χ0n) is 11.9. The number of hydrogen-bond acceptors (Lipinski definition) is 3. The zero-order valence-corrected chi connectivity index (χ0v) is 11.9. The van der Waals surface area contributed by atoms with Gasteiger partial charge in [-0.25, -0.2) is 0 Å². The smallest absolute Gasteiger partial charge is 0.0597 e. The fraction of sp³-hybridized carbons (Fsp3) is 0.786. The number of nitrogens with one attached hydrogen (secondary N) is 1. The second kappa shape index (κ2) is 6.34. The van der Waals surface area contributed by atoms with Crippen molar-refractivity contribution in [2.75, 3.05) is 26.7 Å². The minimum Gasteiger partial charge on any atom is -0.320 e. The van der Waals surface area contributed by atoms with Crippen LogP contribution in [0.5, 0.6) is 0 Å². The van der Waals surface area contributed by atoms with Crippen molar-refractivity contribution < 1.29 is 0 Å². The molecule has 0 bridgehead atoms. The van der Waals surface area contributed by atoms with Crippen LogP contribution in [0.4, 0.5) is 0 Å². The average Bonchev–Trinajstić information content (AvgIpc) is 2.67. The van der Waals surface area contributed by atoms with Gasteiger partial charge < -0.3 is 5.32 Å². The predicted molar refractivity (Wildman–Crippen MR) is 74.5 cm³/mol. The largest absolute Gasteiger partial charge is 0.320 e. The molecule has 0 unspecified atom stereocenters. The summed E-state index contributed by atoms with van der Waals surface area (Å²) in [6, 6.07) is 2.20. The molecule has 0 amide bonds. The molecule has 2 rings (SSSR count). The van der Waals surface area contributed by atoms with E-state index in [1.807, 2.05) is 18.8 Å². The van der Waals surface area contributed by atoms with Crippen molar-refractivity contribution in [1.29, 1.82) is 0 Å². The van der Waals surface area contributed by atoms with Crippen LogP contribution in [-0.2, 0) is 13.6 Å². The molecule has 102 valence electrons. The second-order valence-electron chi connectivity index (χ2n) is 5.51. The van der Waals surface area contributed by atoms with Gasteiger partial charge in [0.05, 0.1) is 11.4 Å². The number of rotatable bonds is 5. The van der Waals surface area contributed by atoms with Gasteiger partial charge in [-0.1, -0.05) is 0 Å². The first-order valence-corrected chi connectivity index (χ1v) is 7.05. The van der Waals surface area contributed by atoms with Crippen molar-refractivity contribution >= 4 is 0 Å². The second-order valence-corrected chi connectivity index (χ2v) is 5.51. The molecule has 0 spiro atoms. The van der Waals surface area contributed by atoms with Gasteiger partial charge in [0, 0.05) is 13.6 Å². The van der Waals surface area contributed by atoms with Crippen LogP contribution in [0.25, 0.3) is 0 Å². The van der Waals surface area contributed by atoms with E-state index in [1.165, 1.54) is 38.0 Å². The van der Waals surface area contributed by atoms with E-state index in [1.54, 1.807) is 0 Å². The molecule has 0 radical (unpaired) electrons. The van der Waals surface area contributed by atoms with Gasteiger partial charge >= 0.3 is 0 Å². The highest BCUT2D eigenvalue weighted by atomic mass is 15.3. The first-order valence-electron chi connectivity index (χ1n) is 7.05. The maximum absolute atomic E-state index is 4.41. The van der Waals surface area contributed by atoms with Gasteiger partial charge in [0.15, 0.2) is 0 Å². The van der Waals surface area contributed by atoms with Gasteiger partial charge in [0.2, 0.25) is 0 Å². The van der Waals surface area contributed by atoms with Crippen molar-refractivity contribution in [3.05, 3.63) is 17.5 Å². The summed E-state index contributed by atoms with van der Waals surface area (Å²) in [6.45, 7) is 6.74. The topological polar surface area (TPSA) is 33.1 Å². The third kappa shape index (κ3) is 3.56. The van der Waals surface area contributed by atoms with Crippen LogP contribution in [0.1, 0.15) is 30.7 Å². The summed E-state index contributed by atoms with van der Waals surface area (Å²) >= 11 is 0. The van der Waals surface area contributed by atoms with E-state index in [0.717, 1.165) is 24.7 Å². The molecule has 1 aliphatic heterocycles. The normalized spacial score (nSPS) is 18.4. The number of nitrogens with zero attached hydrogens (tertiary/aromatic N) is 3. The Hall–Kier alpha value is -0.870. The molecule has 2 heterocycles. The van der Waals surface area contributed by atoms with Crippen molar-refractivity contribution in [2.24, 2.45) is 13.0 Å². The highest BCUT2D eigenvalue weighted by molar-refractivity contribution is 5.08. The summed E-state index contributed by atoms with van der Waals surface area (Å²) in [5.41, 5.74) is 2.46. The number of likely N-dealkylation sites (tertiary alicyclic amines) is 1. The SMILES string of the molecule is CNCCC1CCN(Cc2cc(C)nn2C)CC1. The van der Waals surface area contributed by atoms with Crippen LogP contribution in [0.15, 0.2) is 6.07 Å². The van der Waals surface area contributed by atoms with Gasteiger partial charge in [-0.05, 0) is 64.9 Å². The molecule has 1 N–H and O–H groups in total. The zero-order chi connectivity index (χ0) is 13.0. The molecule has 1 aromatic rings. The summed E-state index contributed by atoms with van der Waals surface area (Å²) < 4.78 is 2.02. The van der Waals surface area contributed by atoms with Crippen LogP contribution >= 0.6 is 0 Å². The Bertz CT molecular complexity index is 364. The number of piperidine rings is 1. The molecule has 0 aliphatic carbocycles. The Morgan fingerprint density at radius 3 is 2.67 bits per heavy atom. The third-order valence-electron chi connectivity index (χ3n) is 3.99. The van der Waals surface area contributed by atoms with Crippen molar-refractivity contribution in [3.63, 3.8) is 0 Å². The van der Waals surface area contributed by atoms with Crippen molar-refractivity contribution in [2.45, 2.75) is 32.7 Å². The van der Waals surface area contributed by atoms with E-state index in [0.29, 0.717) is 0 Å². The van der Waals surface area contributed by atoms with E-state index in [-0.39, 0.29) is 0 Å². The predicted octanol–water partition coefficient (Wildman–Crippen LogP) is 1.55. The first-order chi connectivity index (χ1) is 8.69. The van der Waals surface area contributed by atoms with Crippen LogP contribution < -0.4 is 5.32 Å². The Kier molecular flexibility index (Phi) is 4.78. The summed E-state index contributed by atoms with van der Waals surface area (Å²) in [5.74, 6) is 0.918. The highest BCUT2D eigenvalue weighted by Crippen LogP contribution is 2.21. The van der Waals surface area contributed by atoms with E-state index in [9.17, 15) is 0 Å². The van der Waals surface area contributed by atoms with E-state index in [4.69, 9.17) is 0 Å². The Balaban J connectivity index is 1.78. The molecule has 1 aliphatic rings. The number of aryl methyl sites for hydroxylation is 2. The maximum Gasteiger partial charge on any atom is 0.0597 e. The average molecular weight is 250 g/mol. The van der Waals surface area contributed by atoms with E-state index >= 15 is 0 Å². The lowest BCUT2D eigenvalue weighted by Crippen LogP contribution is -2.34. The fourth-order valence-electron chi connectivity index (χ4n) is 2.82. The maximum atomic E-state index is 4.41. The molecule has 4 nitrogen and oxygen atoms in total. The molecule has 0 aromatic carbocycles. The summed E-state index contributed by atoms with van der Waals surface area (Å²) in [5, 5.41) is 7.66. The van der Waals surface area contributed by atoms with Gasteiger partial charge in [-0.2, -0.15) is 5.10 Å². The summed E-state index contributed by atoms with van der Waals surface area (Å²) in [6.07, 6.45) is 4.02. The van der Waals surface area contributed by atoms with Gasteiger partial charge in [0.1, 0.15) is 0 Å². The number of hydrogen-bond donors (Lipinski definition) is 1. The van der Waals surface area contributed by atoms with Crippen molar-refractivity contribution in [1.82, 2.24) is 20.0 Å². The Labute approximate surface area is 110 Å². The van der Waals surface area contributed by atoms with E-state index < -0.39 is 0 Å². The minimum absolute atomic E-state index is 0.918. The lowest BCUT2D eigenvalue weighted by Gasteiger charge is -2.31. The molecule has 1 saturated heterocycles. The summed E-state index contributed by atoms with van der Waals surface area (Å²) in [7, 11) is 4.09. The Morgan fingerprint density at radius 1 is 1.39 bits per heavy atom. The minimum atomic E-state index is 0.918. The van der Waals surface area contributed by atoms with Crippen molar-refractivity contribution in [3.8, 4) is 0 Å². The molecule has 0 atom stereocenters. The lowest BCUT2D eigenvalue weighted by atomic mass is 9.93. The molecular weight excluding hydrogens is 224 g/mol. The molecular formula is C14H26N4. The monoisotopic (exact) mass is 250 g/mol. The quantitative estimate of drug-likeness (QED) is 0.861. The Morgan fingerprint density at radius 2 is 2.11 bits per heavy atom. The number of aromatic nitrogens is 2. The van der Waals surface area contributed by atoms with Gasteiger partial charge in [-0.15, -0.1) is 0 Å². The highest BCUT2D eigenvalue weighted by Gasteiger charge is 2.19. The first kappa shape index (κ1) is 13.6. The molecule has 4 heteroatoms. The third-order valence-corrected chi connectivity index (χ3v) is 3.99. The van der Waals surface area contributed by atoms with E-state index in [2.05, 4.69) is 28.3 Å². The van der Waals surface area contributed by atoms with Crippen LogP contribution in [0.3, 0.4) is 0 Å². The molecule has 1 aromatic heterocycles.